The number of aromatic amines is 1. The molecule has 1 aliphatic heterocycles. The topological polar surface area (TPSA) is 40.3 Å². The normalized spacial score (nSPS) is 15.8. The quantitative estimate of drug-likeness (QED) is 0.592. The van der Waals surface area contributed by atoms with Crippen LogP contribution in [0.3, 0.4) is 0 Å². The Labute approximate surface area is 58.0 Å². The van der Waals surface area contributed by atoms with Crippen LogP contribution in [-0.4, -0.2) is 4.98 Å². The first kappa shape index (κ1) is 5.37. The van der Waals surface area contributed by atoms with E-state index < -0.39 is 0 Å². The predicted octanol–water partition coefficient (Wildman–Crippen LogP) is 0.542. The van der Waals surface area contributed by atoms with Crippen LogP contribution in [0.2, 0.25) is 0 Å². The van der Waals surface area contributed by atoms with Gasteiger partial charge in [0.05, 0.1) is 6.20 Å². The Bertz CT molecular complexity index is 229. The van der Waals surface area contributed by atoms with Crippen molar-refractivity contribution >= 4 is 5.82 Å². The fourth-order valence-electron chi connectivity index (χ4n) is 0.751. The first-order valence-corrected chi connectivity index (χ1v) is 2.89. The Balaban J connectivity index is 2.20. The number of hydrogen-bond donors (Lipinski definition) is 2. The summed E-state index contributed by atoms with van der Waals surface area (Å²) in [5.74, 6) is 0.828. The first-order chi connectivity index (χ1) is 4.97. The van der Waals surface area contributed by atoms with E-state index in [2.05, 4.69) is 16.6 Å². The minimum atomic E-state index is 0.828. The van der Waals surface area contributed by atoms with Gasteiger partial charge in [-0.3, -0.25) is 0 Å². The average molecular weight is 136 g/mol. The van der Waals surface area contributed by atoms with E-state index in [0.717, 1.165) is 5.82 Å². The Morgan fingerprint density at radius 3 is 3.20 bits per heavy atom. The van der Waals surface area contributed by atoms with Crippen molar-refractivity contribution in [3.63, 3.8) is 0 Å². The van der Waals surface area contributed by atoms with Gasteiger partial charge in [0.2, 0.25) is 0 Å². The smallest absolute Gasteiger partial charge is 0.135 e. The lowest BCUT2D eigenvalue weighted by Crippen LogP contribution is -2.27. The lowest BCUT2D eigenvalue weighted by atomic mass is 10.6. The molecular weight excluding hydrogens is 130 g/mol. The maximum Gasteiger partial charge on any atom is 0.135 e. The Morgan fingerprint density at radius 2 is 2.60 bits per heavy atom. The van der Waals surface area contributed by atoms with Crippen LogP contribution in [0.4, 0.5) is 5.82 Å². The molecule has 10 heavy (non-hydrogen) atoms. The fourth-order valence-corrected chi connectivity index (χ4v) is 0.751. The molecule has 4 nitrogen and oxygen atoms in total. The highest BCUT2D eigenvalue weighted by Gasteiger charge is 2.06. The third kappa shape index (κ3) is 0.745. The largest absolute Gasteiger partial charge is 0.395 e. The summed E-state index contributed by atoms with van der Waals surface area (Å²) in [5, 5.41) is 1.68. The third-order valence-corrected chi connectivity index (χ3v) is 1.19. The van der Waals surface area contributed by atoms with Gasteiger partial charge in [-0.1, -0.05) is 5.59 Å². The van der Waals surface area contributed by atoms with E-state index in [0.29, 0.717) is 0 Å². The second kappa shape index (κ2) is 2.07. The SMILES string of the molecule is [c]1cc[nH]c1N1C=CON1. The number of hydrogen-bond acceptors (Lipinski definition) is 3. The Kier molecular flexibility index (Phi) is 1.11. The van der Waals surface area contributed by atoms with Crippen LogP contribution in [0, 0.1) is 6.07 Å². The summed E-state index contributed by atoms with van der Waals surface area (Å²) in [5.41, 5.74) is 2.62. The zero-order valence-electron chi connectivity index (χ0n) is 5.16. The Hall–Kier alpha value is -1.42. The van der Waals surface area contributed by atoms with Crippen LogP contribution in [-0.2, 0) is 4.84 Å². The number of hydrazine groups is 1. The van der Waals surface area contributed by atoms with E-state index in [-0.39, 0.29) is 0 Å². The molecular formula is C6H6N3O. The highest BCUT2D eigenvalue weighted by atomic mass is 16.7. The zero-order chi connectivity index (χ0) is 6.81. The molecule has 2 N–H and O–H groups in total. The molecule has 0 bridgehead atoms. The maximum absolute atomic E-state index is 4.74. The molecule has 0 fully saturated rings. The molecule has 1 aliphatic rings. The number of rotatable bonds is 1. The van der Waals surface area contributed by atoms with E-state index in [1.807, 2.05) is 0 Å². The molecule has 1 aromatic rings. The predicted molar refractivity (Wildman–Crippen MR) is 35.5 cm³/mol. The second-order valence-electron chi connectivity index (χ2n) is 1.83. The molecule has 1 aromatic heterocycles. The second-order valence-corrected chi connectivity index (χ2v) is 1.83. The van der Waals surface area contributed by atoms with E-state index in [1.54, 1.807) is 29.7 Å². The summed E-state index contributed by atoms with van der Waals surface area (Å²) in [6.45, 7) is 0. The van der Waals surface area contributed by atoms with Gasteiger partial charge in [0.25, 0.3) is 0 Å². The van der Waals surface area contributed by atoms with E-state index in [1.165, 1.54) is 0 Å². The number of anilines is 1. The molecule has 4 heteroatoms. The van der Waals surface area contributed by atoms with Crippen molar-refractivity contribution in [2.45, 2.75) is 0 Å². The number of nitrogens with zero attached hydrogens (tertiary/aromatic N) is 1. The van der Waals surface area contributed by atoms with Gasteiger partial charge in [-0.2, -0.15) is 0 Å². The molecule has 0 amide bonds. The molecule has 0 saturated carbocycles. The van der Waals surface area contributed by atoms with Crippen molar-refractivity contribution < 1.29 is 4.84 Å². The van der Waals surface area contributed by atoms with Crippen LogP contribution in [0.15, 0.2) is 24.7 Å². The summed E-state index contributed by atoms with van der Waals surface area (Å²) in [6.07, 6.45) is 5.10. The zero-order valence-corrected chi connectivity index (χ0v) is 5.16. The van der Waals surface area contributed by atoms with Gasteiger partial charge >= 0.3 is 0 Å². The van der Waals surface area contributed by atoms with Gasteiger partial charge in [-0.15, -0.1) is 0 Å². The first-order valence-electron chi connectivity index (χ1n) is 2.89. The average Bonchev–Trinajstić information content (AvgIpc) is 2.59. The molecule has 0 spiro atoms. The standard InChI is InChI=1S/C6H6N3O/c1-2-6(7-3-1)9-4-5-10-8-9/h1,3-5,7-8H. The number of nitrogens with one attached hydrogen (secondary N) is 2. The van der Waals surface area contributed by atoms with Crippen molar-refractivity contribution in [2.24, 2.45) is 0 Å². The number of aromatic nitrogens is 1. The van der Waals surface area contributed by atoms with E-state index in [4.69, 9.17) is 4.84 Å². The molecule has 0 saturated heterocycles. The van der Waals surface area contributed by atoms with Crippen LogP contribution >= 0.6 is 0 Å². The van der Waals surface area contributed by atoms with Crippen molar-refractivity contribution in [2.75, 3.05) is 5.01 Å². The highest BCUT2D eigenvalue weighted by Crippen LogP contribution is 2.09. The molecule has 0 aliphatic carbocycles. The molecule has 2 heterocycles. The van der Waals surface area contributed by atoms with Gasteiger partial charge in [0.1, 0.15) is 12.1 Å². The number of H-pyrrole nitrogens is 1. The van der Waals surface area contributed by atoms with Gasteiger partial charge in [0, 0.05) is 12.3 Å². The fraction of sp³-hybridized carbons (Fsp3) is 0. The molecule has 0 unspecified atom stereocenters. The van der Waals surface area contributed by atoms with Gasteiger partial charge in [0.15, 0.2) is 0 Å². The van der Waals surface area contributed by atoms with E-state index in [9.17, 15) is 0 Å². The van der Waals surface area contributed by atoms with Crippen LogP contribution in [0.5, 0.6) is 0 Å². The van der Waals surface area contributed by atoms with E-state index >= 15 is 0 Å². The van der Waals surface area contributed by atoms with Crippen molar-refractivity contribution in [1.82, 2.24) is 10.6 Å². The summed E-state index contributed by atoms with van der Waals surface area (Å²) in [6, 6.07) is 4.75. The minimum Gasteiger partial charge on any atom is -0.395 e. The molecule has 51 valence electrons. The van der Waals surface area contributed by atoms with Gasteiger partial charge in [-0.05, 0) is 6.07 Å². The molecule has 1 radical (unpaired) electrons. The summed E-state index contributed by atoms with van der Waals surface area (Å²) in [4.78, 5) is 7.69. The van der Waals surface area contributed by atoms with Crippen molar-refractivity contribution in [3.8, 4) is 0 Å². The molecule has 2 rings (SSSR count). The summed E-state index contributed by atoms with van der Waals surface area (Å²) >= 11 is 0. The highest BCUT2D eigenvalue weighted by molar-refractivity contribution is 5.39. The van der Waals surface area contributed by atoms with Crippen molar-refractivity contribution in [1.29, 1.82) is 0 Å². The van der Waals surface area contributed by atoms with Gasteiger partial charge in [-0.25, -0.2) is 5.01 Å². The summed E-state index contributed by atoms with van der Waals surface area (Å²) in [7, 11) is 0. The van der Waals surface area contributed by atoms with Crippen molar-refractivity contribution in [3.05, 3.63) is 30.8 Å². The van der Waals surface area contributed by atoms with Crippen LogP contribution in [0.1, 0.15) is 0 Å². The lowest BCUT2D eigenvalue weighted by Gasteiger charge is -2.09. The van der Waals surface area contributed by atoms with Crippen LogP contribution in [0.25, 0.3) is 0 Å². The Morgan fingerprint density at radius 1 is 1.60 bits per heavy atom. The van der Waals surface area contributed by atoms with Crippen LogP contribution < -0.4 is 10.6 Å². The van der Waals surface area contributed by atoms with Gasteiger partial charge < -0.3 is 9.82 Å². The molecule has 0 atom stereocenters. The maximum atomic E-state index is 4.74. The lowest BCUT2D eigenvalue weighted by molar-refractivity contribution is 0.158. The molecule has 0 aromatic carbocycles. The monoisotopic (exact) mass is 136 g/mol. The third-order valence-electron chi connectivity index (χ3n) is 1.19. The minimum absolute atomic E-state index is 0.828. The summed E-state index contributed by atoms with van der Waals surface area (Å²) < 4.78 is 0.